The molecule has 2 heterocycles. The summed E-state index contributed by atoms with van der Waals surface area (Å²) in [5.41, 5.74) is 1.88. The van der Waals surface area contributed by atoms with Gasteiger partial charge in [0.25, 0.3) is 5.91 Å². The van der Waals surface area contributed by atoms with Gasteiger partial charge in [-0.1, -0.05) is 6.92 Å². The first kappa shape index (κ1) is 17.9. The van der Waals surface area contributed by atoms with Crippen LogP contribution in [0.2, 0.25) is 0 Å². The minimum absolute atomic E-state index is 0.0758. The van der Waals surface area contributed by atoms with Crippen molar-refractivity contribution in [2.24, 2.45) is 0 Å². The molecule has 140 valence electrons. The number of nitrogens with one attached hydrogen (secondary N) is 2. The fourth-order valence-electron chi connectivity index (χ4n) is 3.40. The van der Waals surface area contributed by atoms with Crippen molar-refractivity contribution in [1.29, 1.82) is 0 Å². The van der Waals surface area contributed by atoms with Gasteiger partial charge < -0.3 is 29.7 Å². The summed E-state index contributed by atoms with van der Waals surface area (Å²) >= 11 is 0. The molecule has 2 aliphatic heterocycles. The zero-order chi connectivity index (χ0) is 18.8. The Labute approximate surface area is 152 Å². The summed E-state index contributed by atoms with van der Waals surface area (Å²) in [5, 5.41) is 5.59. The van der Waals surface area contributed by atoms with Crippen LogP contribution in [-0.4, -0.2) is 51.3 Å². The Balaban J connectivity index is 2.06. The lowest BCUT2D eigenvalue weighted by molar-refractivity contribution is -0.125. The van der Waals surface area contributed by atoms with Crippen LogP contribution in [0.4, 0.5) is 4.79 Å². The second kappa shape index (κ2) is 7.15. The minimum Gasteiger partial charge on any atom is -0.493 e. The number of carbonyl (C=O) groups is 2. The number of benzene rings is 1. The third kappa shape index (κ3) is 2.91. The van der Waals surface area contributed by atoms with E-state index in [1.165, 1.54) is 21.3 Å². The van der Waals surface area contributed by atoms with Gasteiger partial charge in [0.2, 0.25) is 5.75 Å². The number of amides is 3. The second-order valence-electron chi connectivity index (χ2n) is 6.11. The van der Waals surface area contributed by atoms with Crippen molar-refractivity contribution in [2.75, 3.05) is 34.4 Å². The maximum absolute atomic E-state index is 12.8. The standard InChI is InChI=1S/C18H23N3O5/c1-5-6-21-9-11-14(17(21)22)15(20-18(23)19-11)10-7-12(24-2)16(26-4)13(8-10)25-3/h7-8,15H,5-6,9H2,1-4H3,(H2,19,20,23)/t15-/m1/s1. The highest BCUT2D eigenvalue weighted by Gasteiger charge is 2.40. The first-order chi connectivity index (χ1) is 12.5. The fourth-order valence-corrected chi connectivity index (χ4v) is 3.40. The summed E-state index contributed by atoms with van der Waals surface area (Å²) < 4.78 is 16.1. The van der Waals surface area contributed by atoms with E-state index in [0.29, 0.717) is 47.2 Å². The third-order valence-corrected chi connectivity index (χ3v) is 4.53. The molecule has 2 aliphatic rings. The molecular formula is C18H23N3O5. The number of nitrogens with zero attached hydrogens (tertiary/aromatic N) is 1. The van der Waals surface area contributed by atoms with E-state index in [1.807, 2.05) is 6.92 Å². The van der Waals surface area contributed by atoms with Crippen LogP contribution in [0.25, 0.3) is 0 Å². The Bertz CT molecular complexity index is 749. The van der Waals surface area contributed by atoms with Gasteiger partial charge in [0.1, 0.15) is 0 Å². The molecule has 0 fully saturated rings. The monoisotopic (exact) mass is 361 g/mol. The van der Waals surface area contributed by atoms with Crippen LogP contribution in [0.15, 0.2) is 23.4 Å². The smallest absolute Gasteiger partial charge is 0.319 e. The van der Waals surface area contributed by atoms with Gasteiger partial charge in [-0.2, -0.15) is 0 Å². The number of urea groups is 1. The summed E-state index contributed by atoms with van der Waals surface area (Å²) in [5.74, 6) is 1.31. The number of methoxy groups -OCH3 is 3. The Morgan fingerprint density at radius 2 is 1.77 bits per heavy atom. The second-order valence-corrected chi connectivity index (χ2v) is 6.11. The third-order valence-electron chi connectivity index (χ3n) is 4.53. The number of rotatable bonds is 6. The number of hydrogen-bond donors (Lipinski definition) is 2. The van der Waals surface area contributed by atoms with Gasteiger partial charge in [-0.15, -0.1) is 0 Å². The zero-order valence-electron chi connectivity index (χ0n) is 15.3. The molecule has 8 nitrogen and oxygen atoms in total. The summed E-state index contributed by atoms with van der Waals surface area (Å²) in [6.07, 6.45) is 0.850. The molecule has 0 bridgehead atoms. The molecule has 0 unspecified atom stereocenters. The van der Waals surface area contributed by atoms with Gasteiger partial charge in [0, 0.05) is 6.54 Å². The van der Waals surface area contributed by atoms with Crippen LogP contribution in [0, 0.1) is 0 Å². The van der Waals surface area contributed by atoms with Crippen LogP contribution in [0.1, 0.15) is 24.9 Å². The van der Waals surface area contributed by atoms with Gasteiger partial charge in [-0.05, 0) is 24.1 Å². The lowest BCUT2D eigenvalue weighted by atomic mass is 9.95. The average molecular weight is 361 g/mol. The van der Waals surface area contributed by atoms with Crippen LogP contribution in [-0.2, 0) is 4.79 Å². The van der Waals surface area contributed by atoms with E-state index < -0.39 is 6.04 Å². The molecule has 3 amide bonds. The SMILES string of the molecule is CCCN1CC2=C(C1=O)[C@@H](c1cc(OC)c(OC)c(OC)c1)NC(=O)N2. The Morgan fingerprint density at radius 3 is 2.31 bits per heavy atom. The molecule has 3 rings (SSSR count). The Kier molecular flexibility index (Phi) is 4.92. The highest BCUT2D eigenvalue weighted by atomic mass is 16.5. The molecule has 2 N–H and O–H groups in total. The van der Waals surface area contributed by atoms with Crippen molar-refractivity contribution < 1.29 is 23.8 Å². The molecular weight excluding hydrogens is 338 g/mol. The van der Waals surface area contributed by atoms with E-state index in [9.17, 15) is 9.59 Å². The fraction of sp³-hybridized carbons (Fsp3) is 0.444. The maximum Gasteiger partial charge on any atom is 0.319 e. The van der Waals surface area contributed by atoms with Gasteiger partial charge in [-0.3, -0.25) is 4.79 Å². The van der Waals surface area contributed by atoms with E-state index in [2.05, 4.69) is 10.6 Å². The minimum atomic E-state index is -0.582. The highest BCUT2D eigenvalue weighted by molar-refractivity contribution is 6.01. The maximum atomic E-state index is 12.8. The van der Waals surface area contributed by atoms with Crippen molar-refractivity contribution in [1.82, 2.24) is 15.5 Å². The van der Waals surface area contributed by atoms with Crippen molar-refractivity contribution in [3.05, 3.63) is 29.0 Å². The largest absolute Gasteiger partial charge is 0.493 e. The lowest BCUT2D eigenvalue weighted by Crippen LogP contribution is -2.44. The summed E-state index contributed by atoms with van der Waals surface area (Å²) in [6, 6.07) is 2.58. The zero-order valence-corrected chi connectivity index (χ0v) is 15.3. The normalized spacial score (nSPS) is 19.1. The number of carbonyl (C=O) groups excluding carboxylic acids is 2. The van der Waals surface area contributed by atoms with Gasteiger partial charge in [0.05, 0.1) is 45.2 Å². The quantitative estimate of drug-likeness (QED) is 0.803. The molecule has 0 aromatic heterocycles. The molecule has 1 aromatic carbocycles. The van der Waals surface area contributed by atoms with Crippen molar-refractivity contribution in [2.45, 2.75) is 19.4 Å². The van der Waals surface area contributed by atoms with Crippen molar-refractivity contribution in [3.63, 3.8) is 0 Å². The van der Waals surface area contributed by atoms with Crippen LogP contribution in [0.5, 0.6) is 17.2 Å². The van der Waals surface area contributed by atoms with Crippen LogP contribution < -0.4 is 24.8 Å². The molecule has 1 atom stereocenters. The highest BCUT2D eigenvalue weighted by Crippen LogP contribution is 2.42. The predicted octanol–water partition coefficient (Wildman–Crippen LogP) is 1.57. The van der Waals surface area contributed by atoms with E-state index in [1.54, 1.807) is 17.0 Å². The first-order valence-electron chi connectivity index (χ1n) is 8.43. The molecule has 8 heteroatoms. The van der Waals surface area contributed by atoms with E-state index in [0.717, 1.165) is 6.42 Å². The first-order valence-corrected chi connectivity index (χ1v) is 8.43. The Hall–Kier alpha value is -2.90. The van der Waals surface area contributed by atoms with Gasteiger partial charge in [-0.25, -0.2) is 4.79 Å². The van der Waals surface area contributed by atoms with E-state index in [-0.39, 0.29) is 11.9 Å². The molecule has 0 aliphatic carbocycles. The summed E-state index contributed by atoms with van der Waals surface area (Å²) in [4.78, 5) is 26.7. The molecule has 0 saturated carbocycles. The van der Waals surface area contributed by atoms with Crippen LogP contribution in [0.3, 0.4) is 0 Å². The predicted molar refractivity (Wildman–Crippen MR) is 94.4 cm³/mol. The van der Waals surface area contributed by atoms with Gasteiger partial charge >= 0.3 is 6.03 Å². The number of hydrogen-bond acceptors (Lipinski definition) is 5. The lowest BCUT2D eigenvalue weighted by Gasteiger charge is -2.26. The molecule has 0 radical (unpaired) electrons. The van der Waals surface area contributed by atoms with Crippen molar-refractivity contribution in [3.8, 4) is 17.2 Å². The number of ether oxygens (including phenoxy) is 3. The van der Waals surface area contributed by atoms with Gasteiger partial charge in [0.15, 0.2) is 11.5 Å². The molecule has 0 spiro atoms. The Morgan fingerprint density at radius 1 is 1.12 bits per heavy atom. The average Bonchev–Trinajstić information content (AvgIpc) is 2.95. The topological polar surface area (TPSA) is 89.1 Å². The molecule has 0 saturated heterocycles. The van der Waals surface area contributed by atoms with E-state index >= 15 is 0 Å². The molecule has 1 aromatic rings. The van der Waals surface area contributed by atoms with Crippen molar-refractivity contribution >= 4 is 11.9 Å². The van der Waals surface area contributed by atoms with Crippen LogP contribution >= 0.6 is 0 Å². The summed E-state index contributed by atoms with van der Waals surface area (Å²) in [6.45, 7) is 3.07. The summed E-state index contributed by atoms with van der Waals surface area (Å²) in [7, 11) is 4.57. The molecule has 26 heavy (non-hydrogen) atoms. The van der Waals surface area contributed by atoms with E-state index in [4.69, 9.17) is 14.2 Å².